The first-order valence-corrected chi connectivity index (χ1v) is 6.96. The molecule has 1 atom stereocenters. The molecule has 0 spiro atoms. The minimum Gasteiger partial charge on any atom is -0.755 e. The number of alkyl halides is 3. The average molecular weight is 333 g/mol. The molecule has 1 aromatic heterocycles. The Bertz CT molecular complexity index is 676. The van der Waals surface area contributed by atoms with Gasteiger partial charge in [0.15, 0.2) is 0 Å². The van der Waals surface area contributed by atoms with E-state index < -0.39 is 29.0 Å². The van der Waals surface area contributed by atoms with Crippen molar-refractivity contribution in [3.8, 4) is 0 Å². The number of nitrogens with zero attached hydrogens (tertiary/aromatic N) is 2. The van der Waals surface area contributed by atoms with Gasteiger partial charge in [-0.3, -0.25) is 13.5 Å². The molecule has 0 amide bonds. The molecule has 4 nitrogen and oxygen atoms in total. The van der Waals surface area contributed by atoms with E-state index in [9.17, 15) is 26.3 Å². The molecule has 2 aromatic rings. The fourth-order valence-electron chi connectivity index (χ4n) is 1.72. The summed E-state index contributed by atoms with van der Waals surface area (Å²) in [7, 11) is 0. The summed E-state index contributed by atoms with van der Waals surface area (Å²) < 4.78 is 74.0. The number of para-hydroxylation sites is 1. The van der Waals surface area contributed by atoms with E-state index in [1.807, 2.05) is 0 Å². The minimum atomic E-state index is -4.58. The van der Waals surface area contributed by atoms with Gasteiger partial charge in [0.2, 0.25) is 0 Å². The highest BCUT2D eigenvalue weighted by atomic mass is 32.2. The van der Waals surface area contributed by atoms with Crippen LogP contribution in [0.4, 0.5) is 23.2 Å². The van der Waals surface area contributed by atoms with Gasteiger partial charge in [-0.2, -0.15) is 13.2 Å². The number of halogens is 4. The summed E-state index contributed by atoms with van der Waals surface area (Å²) in [6, 6.07) is 7.01. The molecule has 0 aliphatic rings. The summed E-state index contributed by atoms with van der Waals surface area (Å²) in [5.41, 5.74) is -1.09. The summed E-state index contributed by atoms with van der Waals surface area (Å²) in [5.74, 6) is -0.758. The maximum atomic E-state index is 13.6. The van der Waals surface area contributed by atoms with Gasteiger partial charge < -0.3 is 4.55 Å². The van der Waals surface area contributed by atoms with Crippen molar-refractivity contribution in [2.24, 2.45) is 0 Å². The van der Waals surface area contributed by atoms with Gasteiger partial charge in [-0.1, -0.05) is 18.2 Å². The van der Waals surface area contributed by atoms with E-state index in [-0.39, 0.29) is 17.8 Å². The smallest absolute Gasteiger partial charge is 0.433 e. The van der Waals surface area contributed by atoms with Crippen molar-refractivity contribution in [3.63, 3.8) is 0 Å². The summed E-state index contributed by atoms with van der Waals surface area (Å²) in [6.07, 6.45) is -3.67. The summed E-state index contributed by atoms with van der Waals surface area (Å²) in [5, 5.41) is 0. The van der Waals surface area contributed by atoms with E-state index in [4.69, 9.17) is 0 Å². The van der Waals surface area contributed by atoms with Crippen molar-refractivity contribution in [1.82, 2.24) is 4.98 Å². The Labute approximate surface area is 125 Å². The maximum absolute atomic E-state index is 13.6. The molecule has 2 rings (SSSR count). The predicted octanol–water partition coefficient (Wildman–Crippen LogP) is 3.04. The molecular weight excluding hydrogens is 324 g/mol. The Morgan fingerprint density at radius 3 is 2.36 bits per heavy atom. The van der Waals surface area contributed by atoms with Gasteiger partial charge in [-0.25, -0.2) is 4.39 Å². The van der Waals surface area contributed by atoms with Gasteiger partial charge in [0.05, 0.1) is 12.2 Å². The molecule has 0 N–H and O–H groups in total. The maximum Gasteiger partial charge on any atom is 0.433 e. The van der Waals surface area contributed by atoms with Crippen molar-refractivity contribution in [2.75, 3.05) is 4.31 Å². The van der Waals surface area contributed by atoms with Gasteiger partial charge in [0, 0.05) is 17.5 Å². The average Bonchev–Trinajstić information content (AvgIpc) is 2.45. The van der Waals surface area contributed by atoms with Crippen molar-refractivity contribution in [3.05, 3.63) is 59.7 Å². The third-order valence-electron chi connectivity index (χ3n) is 2.74. The highest BCUT2D eigenvalue weighted by molar-refractivity contribution is 7.80. The van der Waals surface area contributed by atoms with Crippen LogP contribution in [0.5, 0.6) is 0 Å². The highest BCUT2D eigenvalue weighted by Gasteiger charge is 2.32. The van der Waals surface area contributed by atoms with Gasteiger partial charge in [-0.05, 0) is 23.8 Å². The standard InChI is InChI=1S/C13H10F4N2O2S/c14-10-3-1-2-4-11(10)19(22(20)21)8-9-5-6-12(18-7-9)13(15,16)17/h1-7H,8H2,(H,20,21)/p-1. The fraction of sp³-hybridized carbons (Fsp3) is 0.154. The molecule has 0 fully saturated rings. The second-order valence-corrected chi connectivity index (χ2v) is 5.13. The van der Waals surface area contributed by atoms with E-state index in [2.05, 4.69) is 4.98 Å². The van der Waals surface area contributed by atoms with Crippen LogP contribution in [0, 0.1) is 5.82 Å². The van der Waals surface area contributed by atoms with E-state index >= 15 is 0 Å². The minimum absolute atomic E-state index is 0.195. The van der Waals surface area contributed by atoms with Crippen molar-refractivity contribution in [1.29, 1.82) is 0 Å². The van der Waals surface area contributed by atoms with E-state index in [0.717, 1.165) is 24.4 Å². The van der Waals surface area contributed by atoms with Crippen LogP contribution in [0.3, 0.4) is 0 Å². The van der Waals surface area contributed by atoms with Crippen LogP contribution in [0.2, 0.25) is 0 Å². The topological polar surface area (TPSA) is 56.3 Å². The molecule has 0 saturated carbocycles. The van der Waals surface area contributed by atoms with Crippen LogP contribution in [0.15, 0.2) is 42.6 Å². The summed E-state index contributed by atoms with van der Waals surface area (Å²) in [4.78, 5) is 3.23. The second kappa shape index (κ2) is 6.41. The first-order chi connectivity index (χ1) is 10.3. The Hall–Kier alpha value is -2.00. The van der Waals surface area contributed by atoms with Gasteiger partial charge in [-0.15, -0.1) is 0 Å². The van der Waals surface area contributed by atoms with Crippen LogP contribution in [-0.4, -0.2) is 13.7 Å². The SMILES string of the molecule is O=S([O-])N(Cc1ccc(C(F)(F)F)nc1)c1ccccc1F. The molecule has 0 radical (unpaired) electrons. The van der Waals surface area contributed by atoms with Gasteiger partial charge in [0.1, 0.15) is 11.5 Å². The Balaban J connectivity index is 2.26. The molecule has 0 saturated heterocycles. The molecule has 118 valence electrons. The van der Waals surface area contributed by atoms with Crippen LogP contribution in [0.1, 0.15) is 11.3 Å². The first kappa shape index (κ1) is 16.4. The number of pyridine rings is 1. The van der Waals surface area contributed by atoms with Crippen LogP contribution >= 0.6 is 0 Å². The highest BCUT2D eigenvalue weighted by Crippen LogP contribution is 2.28. The lowest BCUT2D eigenvalue weighted by Crippen LogP contribution is -2.26. The van der Waals surface area contributed by atoms with Crippen LogP contribution in [-0.2, 0) is 24.0 Å². The summed E-state index contributed by atoms with van der Waals surface area (Å²) in [6.45, 7) is -0.331. The number of anilines is 1. The zero-order valence-electron chi connectivity index (χ0n) is 10.9. The van der Waals surface area contributed by atoms with Crippen molar-refractivity contribution >= 4 is 17.0 Å². The molecule has 22 heavy (non-hydrogen) atoms. The molecule has 1 aromatic carbocycles. The molecule has 0 aliphatic carbocycles. The third kappa shape index (κ3) is 3.80. The number of rotatable bonds is 4. The van der Waals surface area contributed by atoms with E-state index in [1.54, 1.807) is 0 Å². The quantitative estimate of drug-likeness (QED) is 0.638. The van der Waals surface area contributed by atoms with Crippen LogP contribution in [0.25, 0.3) is 0 Å². The molecule has 0 bridgehead atoms. The third-order valence-corrected chi connectivity index (χ3v) is 3.43. The van der Waals surface area contributed by atoms with Crippen LogP contribution < -0.4 is 4.31 Å². The summed E-state index contributed by atoms with van der Waals surface area (Å²) >= 11 is -2.79. The zero-order chi connectivity index (χ0) is 16.3. The van der Waals surface area contributed by atoms with E-state index in [0.29, 0.717) is 4.31 Å². The number of aromatic nitrogens is 1. The normalized spacial score (nSPS) is 13.0. The van der Waals surface area contributed by atoms with Gasteiger partial charge in [0.25, 0.3) is 0 Å². The number of hydrogen-bond acceptors (Lipinski definition) is 3. The fourth-order valence-corrected chi connectivity index (χ4v) is 2.29. The molecule has 1 unspecified atom stereocenters. The Morgan fingerprint density at radius 1 is 1.18 bits per heavy atom. The van der Waals surface area contributed by atoms with E-state index in [1.165, 1.54) is 18.2 Å². The van der Waals surface area contributed by atoms with Gasteiger partial charge >= 0.3 is 6.18 Å². The monoisotopic (exact) mass is 333 g/mol. The van der Waals surface area contributed by atoms with Crippen molar-refractivity contribution in [2.45, 2.75) is 12.7 Å². The van der Waals surface area contributed by atoms with Crippen molar-refractivity contribution < 1.29 is 26.3 Å². The lowest BCUT2D eigenvalue weighted by molar-refractivity contribution is -0.141. The first-order valence-electron chi connectivity index (χ1n) is 5.92. The second-order valence-electron chi connectivity index (χ2n) is 4.25. The molecule has 9 heteroatoms. The number of benzene rings is 1. The zero-order valence-corrected chi connectivity index (χ0v) is 11.7. The predicted molar refractivity (Wildman–Crippen MR) is 70.7 cm³/mol. The lowest BCUT2D eigenvalue weighted by Gasteiger charge is -2.26. The molecule has 1 heterocycles. The Morgan fingerprint density at radius 2 is 1.86 bits per heavy atom. The lowest BCUT2D eigenvalue weighted by atomic mass is 10.2. The largest absolute Gasteiger partial charge is 0.755 e. The molecular formula is C13H9F4N2O2S-. The number of hydrogen-bond donors (Lipinski definition) is 0. The molecule has 0 aliphatic heterocycles. The Kier molecular flexibility index (Phi) is 4.77.